The van der Waals surface area contributed by atoms with Crippen LogP contribution in [0.1, 0.15) is 0 Å². The van der Waals surface area contributed by atoms with Crippen molar-refractivity contribution in [1.29, 1.82) is 0 Å². The number of rotatable bonds is 1. The molecule has 2 rings (SSSR count). The summed E-state index contributed by atoms with van der Waals surface area (Å²) in [5, 5.41) is 0. The topological polar surface area (TPSA) is 44.0 Å². The number of aromatic nitrogens is 2. The van der Waals surface area contributed by atoms with Crippen LogP contribution in [0.5, 0.6) is 0 Å². The lowest BCUT2D eigenvalue weighted by molar-refractivity contribution is 0.728. The molecule has 0 atom stereocenters. The largest absolute Gasteiger partial charge is 0.335 e. The van der Waals surface area contributed by atoms with E-state index in [0.29, 0.717) is 0 Å². The van der Waals surface area contributed by atoms with E-state index in [2.05, 4.69) is 0 Å². The molecular weight excluding hydrogens is 192 g/mol. The highest BCUT2D eigenvalue weighted by Gasteiger charge is 2.01. The van der Waals surface area contributed by atoms with Crippen LogP contribution in [-0.4, -0.2) is 9.13 Å². The quantitative estimate of drug-likeness (QED) is 0.677. The first-order chi connectivity index (χ1) is 7.20. The van der Waals surface area contributed by atoms with Gasteiger partial charge >= 0.3 is 5.69 Å². The average molecular weight is 202 g/mol. The monoisotopic (exact) mass is 202 g/mol. The molecule has 2 aromatic rings. The molecule has 76 valence electrons. The van der Waals surface area contributed by atoms with Crippen molar-refractivity contribution in [1.82, 2.24) is 9.13 Å². The Morgan fingerprint density at radius 2 is 1.67 bits per heavy atom. The molecule has 0 aliphatic rings. The molecule has 0 spiro atoms. The standard InChI is InChI=1S/C11H10N2O2/c1-12-10(14)7-8-13(11(12)15)9-5-3-2-4-6-9/h2-8H,1H3. The van der Waals surface area contributed by atoms with Gasteiger partial charge in [0, 0.05) is 19.3 Å². The summed E-state index contributed by atoms with van der Waals surface area (Å²) in [6, 6.07) is 10.5. The first-order valence-electron chi connectivity index (χ1n) is 4.54. The van der Waals surface area contributed by atoms with Crippen molar-refractivity contribution in [2.24, 2.45) is 7.05 Å². The number of para-hydroxylation sites is 1. The van der Waals surface area contributed by atoms with Crippen molar-refractivity contribution in [3.05, 3.63) is 63.4 Å². The Labute approximate surface area is 86.0 Å². The molecule has 0 unspecified atom stereocenters. The van der Waals surface area contributed by atoms with Crippen LogP contribution >= 0.6 is 0 Å². The molecule has 0 aliphatic heterocycles. The highest BCUT2D eigenvalue weighted by molar-refractivity contribution is 5.30. The molecule has 1 heterocycles. The van der Waals surface area contributed by atoms with Crippen LogP contribution in [-0.2, 0) is 7.05 Å². The van der Waals surface area contributed by atoms with Gasteiger partial charge < -0.3 is 0 Å². The Morgan fingerprint density at radius 1 is 1.00 bits per heavy atom. The number of hydrogen-bond donors (Lipinski definition) is 0. The van der Waals surface area contributed by atoms with E-state index in [9.17, 15) is 9.59 Å². The normalized spacial score (nSPS) is 10.2. The molecule has 15 heavy (non-hydrogen) atoms. The van der Waals surface area contributed by atoms with Gasteiger partial charge in [-0.25, -0.2) is 4.79 Å². The summed E-state index contributed by atoms with van der Waals surface area (Å²) in [6.07, 6.45) is 1.49. The molecule has 0 bridgehead atoms. The molecule has 0 fully saturated rings. The predicted molar refractivity (Wildman–Crippen MR) is 57.3 cm³/mol. The predicted octanol–water partition coefficient (Wildman–Crippen LogP) is 0.536. The summed E-state index contributed by atoms with van der Waals surface area (Å²) < 4.78 is 2.51. The zero-order valence-corrected chi connectivity index (χ0v) is 8.25. The molecular formula is C11H10N2O2. The van der Waals surface area contributed by atoms with E-state index in [1.54, 1.807) is 0 Å². The fourth-order valence-corrected chi connectivity index (χ4v) is 1.35. The first-order valence-corrected chi connectivity index (χ1v) is 4.54. The molecule has 1 aromatic carbocycles. The zero-order chi connectivity index (χ0) is 10.8. The minimum absolute atomic E-state index is 0.299. The van der Waals surface area contributed by atoms with E-state index in [4.69, 9.17) is 0 Å². The third-order valence-electron chi connectivity index (χ3n) is 2.22. The van der Waals surface area contributed by atoms with Crippen molar-refractivity contribution in [3.8, 4) is 5.69 Å². The summed E-state index contributed by atoms with van der Waals surface area (Å²) in [5.41, 5.74) is 0.110. The molecule has 4 heteroatoms. The van der Waals surface area contributed by atoms with E-state index in [-0.39, 0.29) is 11.2 Å². The molecule has 4 nitrogen and oxygen atoms in total. The van der Waals surface area contributed by atoms with Gasteiger partial charge in [0.25, 0.3) is 5.56 Å². The fourth-order valence-electron chi connectivity index (χ4n) is 1.35. The van der Waals surface area contributed by atoms with E-state index >= 15 is 0 Å². The fraction of sp³-hybridized carbons (Fsp3) is 0.0909. The molecule has 0 amide bonds. The van der Waals surface area contributed by atoms with Gasteiger partial charge in [0.2, 0.25) is 0 Å². The smallest absolute Gasteiger partial charge is 0.269 e. The van der Waals surface area contributed by atoms with Gasteiger partial charge in [-0.05, 0) is 12.1 Å². The van der Waals surface area contributed by atoms with Crippen LogP contribution in [0.3, 0.4) is 0 Å². The van der Waals surface area contributed by atoms with Crippen LogP contribution in [0, 0.1) is 0 Å². The summed E-state index contributed by atoms with van der Waals surface area (Å²) in [7, 11) is 1.46. The van der Waals surface area contributed by atoms with E-state index < -0.39 is 0 Å². The van der Waals surface area contributed by atoms with Crippen LogP contribution in [0.4, 0.5) is 0 Å². The Bertz CT molecular complexity index is 582. The number of nitrogens with zero attached hydrogens (tertiary/aromatic N) is 2. The van der Waals surface area contributed by atoms with Crippen molar-refractivity contribution >= 4 is 0 Å². The summed E-state index contributed by atoms with van der Waals surface area (Å²) in [5.74, 6) is 0. The Hall–Kier alpha value is -2.10. The van der Waals surface area contributed by atoms with Gasteiger partial charge in [0.1, 0.15) is 0 Å². The summed E-state index contributed by atoms with van der Waals surface area (Å²) >= 11 is 0. The van der Waals surface area contributed by atoms with Crippen molar-refractivity contribution < 1.29 is 0 Å². The van der Waals surface area contributed by atoms with Crippen molar-refractivity contribution in [3.63, 3.8) is 0 Å². The van der Waals surface area contributed by atoms with Gasteiger partial charge in [-0.2, -0.15) is 0 Å². The van der Waals surface area contributed by atoms with Gasteiger partial charge in [0.05, 0.1) is 5.69 Å². The van der Waals surface area contributed by atoms with Gasteiger partial charge in [-0.3, -0.25) is 13.9 Å². The van der Waals surface area contributed by atoms with Crippen LogP contribution in [0.15, 0.2) is 52.2 Å². The van der Waals surface area contributed by atoms with Gasteiger partial charge in [0.15, 0.2) is 0 Å². The third kappa shape index (κ3) is 1.61. The molecule has 0 saturated heterocycles. The molecule has 0 aliphatic carbocycles. The summed E-state index contributed by atoms with van der Waals surface area (Å²) in [6.45, 7) is 0. The Kier molecular flexibility index (Phi) is 2.25. The van der Waals surface area contributed by atoms with Crippen LogP contribution in [0.2, 0.25) is 0 Å². The van der Waals surface area contributed by atoms with E-state index in [1.165, 1.54) is 23.9 Å². The minimum Gasteiger partial charge on any atom is -0.269 e. The maximum Gasteiger partial charge on any atom is 0.335 e. The second kappa shape index (κ2) is 3.57. The van der Waals surface area contributed by atoms with Crippen LogP contribution < -0.4 is 11.2 Å². The molecule has 0 radical (unpaired) electrons. The zero-order valence-electron chi connectivity index (χ0n) is 8.25. The lowest BCUT2D eigenvalue weighted by Gasteiger charge is -2.05. The van der Waals surface area contributed by atoms with Crippen molar-refractivity contribution in [2.45, 2.75) is 0 Å². The SMILES string of the molecule is Cn1c(=O)ccn(-c2ccccc2)c1=O. The minimum atomic E-state index is -0.339. The second-order valence-electron chi connectivity index (χ2n) is 3.20. The lowest BCUT2D eigenvalue weighted by Crippen LogP contribution is -2.36. The van der Waals surface area contributed by atoms with E-state index in [1.807, 2.05) is 30.3 Å². The maximum atomic E-state index is 11.7. The first kappa shape index (κ1) is 9.45. The van der Waals surface area contributed by atoms with Crippen molar-refractivity contribution in [2.75, 3.05) is 0 Å². The molecule has 0 saturated carbocycles. The lowest BCUT2D eigenvalue weighted by atomic mass is 10.3. The van der Waals surface area contributed by atoms with E-state index in [0.717, 1.165) is 10.3 Å². The highest BCUT2D eigenvalue weighted by atomic mass is 16.2. The molecule has 0 N–H and O–H groups in total. The maximum absolute atomic E-state index is 11.7. The molecule has 1 aromatic heterocycles. The van der Waals surface area contributed by atoms with Gasteiger partial charge in [-0.1, -0.05) is 18.2 Å². The third-order valence-corrected chi connectivity index (χ3v) is 2.22. The Morgan fingerprint density at radius 3 is 2.33 bits per heavy atom. The second-order valence-corrected chi connectivity index (χ2v) is 3.20. The van der Waals surface area contributed by atoms with Gasteiger partial charge in [-0.15, -0.1) is 0 Å². The summed E-state index contributed by atoms with van der Waals surface area (Å²) in [4.78, 5) is 22.9. The van der Waals surface area contributed by atoms with Crippen LogP contribution in [0.25, 0.3) is 5.69 Å². The highest BCUT2D eigenvalue weighted by Crippen LogP contribution is 2.01. The Balaban J connectivity index is 2.71. The number of benzene rings is 1. The number of hydrogen-bond acceptors (Lipinski definition) is 2. The average Bonchev–Trinajstić information content (AvgIpc) is 2.27.